The number of pyridine rings is 1. The van der Waals surface area contributed by atoms with Crippen LogP contribution in [0.2, 0.25) is 0 Å². The third-order valence-corrected chi connectivity index (χ3v) is 3.04. The molecular weight excluding hydrogens is 212 g/mol. The molecule has 78 valence electrons. The molecule has 4 nitrogen and oxygen atoms in total. The summed E-state index contributed by atoms with van der Waals surface area (Å²) in [4.78, 5) is 14.8. The molecule has 1 rings (SSSR count). The molecule has 0 aromatic carbocycles. The predicted molar refractivity (Wildman–Crippen MR) is 56.7 cm³/mol. The zero-order chi connectivity index (χ0) is 11.3. The highest BCUT2D eigenvalue weighted by molar-refractivity contribution is 8.00. The van der Waals surface area contributed by atoms with Gasteiger partial charge in [-0.15, -0.1) is 0 Å². The monoisotopic (exact) mass is 222 g/mol. The molecule has 0 aliphatic rings. The van der Waals surface area contributed by atoms with E-state index in [1.807, 2.05) is 6.92 Å². The van der Waals surface area contributed by atoms with Gasteiger partial charge in [0.05, 0.1) is 16.9 Å². The van der Waals surface area contributed by atoms with Crippen molar-refractivity contribution in [2.45, 2.75) is 23.6 Å². The van der Waals surface area contributed by atoms with Crippen LogP contribution >= 0.6 is 11.8 Å². The third-order valence-electron chi connectivity index (χ3n) is 1.77. The van der Waals surface area contributed by atoms with Gasteiger partial charge in [-0.2, -0.15) is 5.26 Å². The first-order chi connectivity index (χ1) is 7.19. The van der Waals surface area contributed by atoms with Crippen molar-refractivity contribution < 1.29 is 9.90 Å². The molecule has 0 radical (unpaired) electrons. The molecule has 1 heterocycles. The van der Waals surface area contributed by atoms with E-state index in [-0.39, 0.29) is 10.8 Å². The van der Waals surface area contributed by atoms with Gasteiger partial charge in [-0.25, -0.2) is 9.78 Å². The molecule has 0 saturated carbocycles. The van der Waals surface area contributed by atoms with Gasteiger partial charge in [-0.1, -0.05) is 18.7 Å². The molecule has 0 aliphatic heterocycles. The zero-order valence-corrected chi connectivity index (χ0v) is 8.99. The van der Waals surface area contributed by atoms with Crippen molar-refractivity contribution in [3.8, 4) is 6.07 Å². The summed E-state index contributed by atoms with van der Waals surface area (Å²) in [7, 11) is 0. The van der Waals surface area contributed by atoms with Crippen molar-refractivity contribution >= 4 is 17.7 Å². The van der Waals surface area contributed by atoms with Crippen molar-refractivity contribution in [2.24, 2.45) is 0 Å². The quantitative estimate of drug-likeness (QED) is 0.790. The van der Waals surface area contributed by atoms with Gasteiger partial charge in [0.25, 0.3) is 0 Å². The lowest BCUT2D eigenvalue weighted by molar-refractivity contribution is 0.0692. The highest BCUT2D eigenvalue weighted by Gasteiger charge is 2.15. The second kappa shape index (κ2) is 5.37. The van der Waals surface area contributed by atoms with Crippen LogP contribution in [0.3, 0.4) is 0 Å². The summed E-state index contributed by atoms with van der Waals surface area (Å²) in [5, 5.41) is 17.8. The summed E-state index contributed by atoms with van der Waals surface area (Å²) < 4.78 is 0. The van der Waals surface area contributed by atoms with E-state index >= 15 is 0 Å². The van der Waals surface area contributed by atoms with E-state index < -0.39 is 5.97 Å². The van der Waals surface area contributed by atoms with Gasteiger partial charge < -0.3 is 5.11 Å². The molecule has 0 aliphatic carbocycles. The molecule has 0 fully saturated rings. The van der Waals surface area contributed by atoms with Crippen LogP contribution in [0.5, 0.6) is 0 Å². The number of aromatic nitrogens is 1. The van der Waals surface area contributed by atoms with Gasteiger partial charge in [0.15, 0.2) is 0 Å². The second-order valence-electron chi connectivity index (χ2n) is 2.81. The average molecular weight is 222 g/mol. The number of aromatic carboxylic acids is 1. The van der Waals surface area contributed by atoms with Gasteiger partial charge in [-0.05, 0) is 18.6 Å². The summed E-state index contributed by atoms with van der Waals surface area (Å²) in [6.07, 6.45) is 2.19. The van der Waals surface area contributed by atoms with E-state index in [0.717, 1.165) is 0 Å². The van der Waals surface area contributed by atoms with Crippen LogP contribution in [0.1, 0.15) is 23.7 Å². The summed E-state index contributed by atoms with van der Waals surface area (Å²) in [5.41, 5.74) is 0.149. The summed E-state index contributed by atoms with van der Waals surface area (Å²) in [5.74, 6) is -1.02. The van der Waals surface area contributed by atoms with E-state index in [1.165, 1.54) is 24.0 Å². The number of carboxylic acids is 1. The zero-order valence-electron chi connectivity index (χ0n) is 8.17. The Hall–Kier alpha value is -1.54. The first-order valence-corrected chi connectivity index (χ1v) is 5.31. The summed E-state index contributed by atoms with van der Waals surface area (Å²) in [6, 6.07) is 5.15. The van der Waals surface area contributed by atoms with Crippen molar-refractivity contribution in [3.05, 3.63) is 23.9 Å². The first-order valence-electron chi connectivity index (χ1n) is 4.43. The molecule has 1 aromatic rings. The average Bonchev–Trinajstić information content (AvgIpc) is 2.26. The minimum atomic E-state index is -1.02. The summed E-state index contributed by atoms with van der Waals surface area (Å²) >= 11 is 1.19. The standard InChI is InChI=1S/C10H10N2O2S/c1-2-7(6-11)15-9-8(10(13)14)4-3-5-12-9/h3-5,7H,2H2,1H3,(H,13,14). The molecule has 1 atom stereocenters. The van der Waals surface area contributed by atoms with E-state index in [2.05, 4.69) is 11.1 Å². The highest BCUT2D eigenvalue weighted by atomic mass is 32.2. The van der Waals surface area contributed by atoms with E-state index in [0.29, 0.717) is 11.4 Å². The Bertz CT molecular complexity index is 401. The number of hydrogen-bond donors (Lipinski definition) is 1. The smallest absolute Gasteiger partial charge is 0.338 e. The Morgan fingerprint density at radius 3 is 3.07 bits per heavy atom. The molecule has 1 N–H and O–H groups in total. The number of carboxylic acid groups (broad SMARTS) is 1. The van der Waals surface area contributed by atoms with Gasteiger partial charge in [0.2, 0.25) is 0 Å². The fraction of sp³-hybridized carbons (Fsp3) is 0.300. The number of carbonyl (C=O) groups is 1. The van der Waals surface area contributed by atoms with Crippen LogP contribution in [0.15, 0.2) is 23.4 Å². The Balaban J connectivity index is 2.94. The van der Waals surface area contributed by atoms with E-state index in [4.69, 9.17) is 10.4 Å². The van der Waals surface area contributed by atoms with Crippen molar-refractivity contribution in [3.63, 3.8) is 0 Å². The highest BCUT2D eigenvalue weighted by Crippen LogP contribution is 2.25. The lowest BCUT2D eigenvalue weighted by atomic mass is 10.3. The van der Waals surface area contributed by atoms with Crippen LogP contribution in [0.4, 0.5) is 0 Å². The molecule has 1 unspecified atom stereocenters. The van der Waals surface area contributed by atoms with Crippen LogP contribution in [-0.4, -0.2) is 21.3 Å². The van der Waals surface area contributed by atoms with Crippen molar-refractivity contribution in [2.75, 3.05) is 0 Å². The Kier molecular flexibility index (Phi) is 4.13. The van der Waals surface area contributed by atoms with Crippen molar-refractivity contribution in [1.29, 1.82) is 5.26 Å². The lowest BCUT2D eigenvalue weighted by Gasteiger charge is -2.06. The molecule has 0 bridgehead atoms. The molecule has 0 saturated heterocycles. The number of rotatable bonds is 4. The Morgan fingerprint density at radius 1 is 1.80 bits per heavy atom. The minimum absolute atomic E-state index is 0.149. The van der Waals surface area contributed by atoms with Crippen LogP contribution in [0, 0.1) is 11.3 Å². The predicted octanol–water partition coefficient (Wildman–Crippen LogP) is 2.17. The maximum absolute atomic E-state index is 10.8. The maximum atomic E-state index is 10.8. The topological polar surface area (TPSA) is 74.0 Å². The number of nitriles is 1. The van der Waals surface area contributed by atoms with Crippen LogP contribution in [0.25, 0.3) is 0 Å². The SMILES string of the molecule is CCC(C#N)Sc1ncccc1C(=O)O. The van der Waals surface area contributed by atoms with Crippen LogP contribution in [-0.2, 0) is 0 Å². The van der Waals surface area contributed by atoms with Gasteiger partial charge in [0, 0.05) is 6.20 Å². The Morgan fingerprint density at radius 2 is 2.53 bits per heavy atom. The first kappa shape index (κ1) is 11.5. The normalized spacial score (nSPS) is 11.7. The van der Waals surface area contributed by atoms with E-state index in [1.54, 1.807) is 6.07 Å². The molecule has 0 amide bonds. The molecule has 15 heavy (non-hydrogen) atoms. The maximum Gasteiger partial charge on any atom is 0.338 e. The molecule has 5 heteroatoms. The fourth-order valence-corrected chi connectivity index (χ4v) is 1.88. The fourth-order valence-electron chi connectivity index (χ4n) is 0.983. The van der Waals surface area contributed by atoms with E-state index in [9.17, 15) is 4.79 Å². The third kappa shape index (κ3) is 2.96. The second-order valence-corrected chi connectivity index (χ2v) is 4.00. The van der Waals surface area contributed by atoms with Crippen LogP contribution < -0.4 is 0 Å². The minimum Gasteiger partial charge on any atom is -0.478 e. The van der Waals surface area contributed by atoms with Gasteiger partial charge in [-0.3, -0.25) is 0 Å². The Labute approximate surface area is 91.9 Å². The van der Waals surface area contributed by atoms with Crippen molar-refractivity contribution in [1.82, 2.24) is 4.98 Å². The number of hydrogen-bond acceptors (Lipinski definition) is 4. The molecular formula is C10H10N2O2S. The summed E-state index contributed by atoms with van der Waals surface area (Å²) in [6.45, 7) is 1.88. The number of nitrogens with zero attached hydrogens (tertiary/aromatic N) is 2. The molecule has 1 aromatic heterocycles. The lowest BCUT2D eigenvalue weighted by Crippen LogP contribution is -2.03. The molecule has 0 spiro atoms. The van der Waals surface area contributed by atoms with Gasteiger partial charge in [0.1, 0.15) is 5.03 Å². The number of thioether (sulfide) groups is 1. The largest absolute Gasteiger partial charge is 0.478 e. The van der Waals surface area contributed by atoms with Gasteiger partial charge >= 0.3 is 5.97 Å².